The average Bonchev–Trinajstić information content (AvgIpc) is 2.40. The minimum absolute atomic E-state index is 0.0810. The lowest BCUT2D eigenvalue weighted by Crippen LogP contribution is -2.10. The molecule has 2 rings (SSSR count). The first kappa shape index (κ1) is 12.9. The summed E-state index contributed by atoms with van der Waals surface area (Å²) < 4.78 is 23.7. The van der Waals surface area contributed by atoms with Gasteiger partial charge in [0.05, 0.1) is 4.90 Å². The maximum absolute atomic E-state index is 11.8. The number of rotatable bonds is 4. The Morgan fingerprint density at radius 3 is 2.00 bits per heavy atom. The maximum Gasteiger partial charge on any atom is 0.170 e. The van der Waals surface area contributed by atoms with E-state index in [0.717, 1.165) is 11.1 Å². The van der Waals surface area contributed by atoms with Crippen LogP contribution in [-0.2, 0) is 9.84 Å². The molecule has 0 aliphatic carbocycles. The van der Waals surface area contributed by atoms with E-state index >= 15 is 0 Å². The van der Waals surface area contributed by atoms with Gasteiger partial charge in [-0.25, -0.2) is 8.42 Å². The van der Waals surface area contributed by atoms with Crippen molar-refractivity contribution in [3.8, 4) is 11.1 Å². The third-order valence-corrected chi connectivity index (χ3v) is 4.47. The molecule has 2 nitrogen and oxygen atoms in total. The van der Waals surface area contributed by atoms with Gasteiger partial charge in [-0.1, -0.05) is 49.3 Å². The molecule has 18 heavy (non-hydrogen) atoms. The second kappa shape index (κ2) is 5.40. The van der Waals surface area contributed by atoms with E-state index in [4.69, 9.17) is 0 Å². The standard InChI is InChI=1S/C14H14BO2S/c1-15-11-18(16,17)14-9-7-13(8-10-14)12-5-3-2-4-6-12/h2-10H,11H2,1H3. The van der Waals surface area contributed by atoms with Gasteiger partial charge in [-0.05, 0) is 23.3 Å². The van der Waals surface area contributed by atoms with Crippen LogP contribution < -0.4 is 0 Å². The largest absolute Gasteiger partial charge is 0.224 e. The summed E-state index contributed by atoms with van der Waals surface area (Å²) in [6, 6.07) is 16.9. The number of hydrogen-bond donors (Lipinski definition) is 0. The van der Waals surface area contributed by atoms with Crippen molar-refractivity contribution in [3.63, 3.8) is 0 Å². The van der Waals surface area contributed by atoms with Crippen LogP contribution in [0.25, 0.3) is 11.1 Å². The van der Waals surface area contributed by atoms with Crippen molar-refractivity contribution in [2.45, 2.75) is 11.7 Å². The van der Waals surface area contributed by atoms with Crippen molar-refractivity contribution < 1.29 is 8.42 Å². The Labute approximate surface area is 109 Å². The summed E-state index contributed by atoms with van der Waals surface area (Å²) in [5.74, 6) is 0. The Kier molecular flexibility index (Phi) is 3.87. The van der Waals surface area contributed by atoms with Crippen LogP contribution >= 0.6 is 0 Å². The van der Waals surface area contributed by atoms with Crippen molar-refractivity contribution in [2.24, 2.45) is 0 Å². The number of benzene rings is 2. The highest BCUT2D eigenvalue weighted by Crippen LogP contribution is 2.21. The van der Waals surface area contributed by atoms with Crippen LogP contribution in [-0.4, -0.2) is 21.3 Å². The van der Waals surface area contributed by atoms with Crippen LogP contribution in [0.1, 0.15) is 0 Å². The molecule has 2 aromatic rings. The third-order valence-electron chi connectivity index (χ3n) is 2.71. The van der Waals surface area contributed by atoms with Crippen LogP contribution in [0.3, 0.4) is 0 Å². The third kappa shape index (κ3) is 2.82. The molecule has 4 heteroatoms. The molecule has 0 unspecified atom stereocenters. The summed E-state index contributed by atoms with van der Waals surface area (Å²) in [7, 11) is -1.51. The molecule has 0 bridgehead atoms. The fraction of sp³-hybridized carbons (Fsp3) is 0.143. The quantitative estimate of drug-likeness (QED) is 0.789. The van der Waals surface area contributed by atoms with Gasteiger partial charge in [-0.2, -0.15) is 0 Å². The predicted octanol–water partition coefficient (Wildman–Crippen LogP) is 2.84. The molecule has 0 aliphatic heterocycles. The molecule has 0 aliphatic rings. The van der Waals surface area contributed by atoms with Crippen molar-refractivity contribution >= 4 is 17.1 Å². The lowest BCUT2D eigenvalue weighted by Gasteiger charge is -2.05. The molecule has 0 spiro atoms. The number of hydrogen-bond acceptors (Lipinski definition) is 2. The smallest absolute Gasteiger partial charge is 0.170 e. The first-order chi connectivity index (χ1) is 8.63. The highest BCUT2D eigenvalue weighted by atomic mass is 32.2. The van der Waals surface area contributed by atoms with Crippen LogP contribution in [0.4, 0.5) is 0 Å². The van der Waals surface area contributed by atoms with E-state index in [1.165, 1.54) is 0 Å². The first-order valence-electron chi connectivity index (χ1n) is 5.79. The fourth-order valence-corrected chi connectivity index (χ4v) is 2.98. The normalized spacial score (nSPS) is 11.2. The Morgan fingerprint density at radius 1 is 0.889 bits per heavy atom. The van der Waals surface area contributed by atoms with Crippen molar-refractivity contribution in [1.82, 2.24) is 0 Å². The van der Waals surface area contributed by atoms with E-state index in [2.05, 4.69) is 0 Å². The van der Waals surface area contributed by atoms with Gasteiger partial charge in [0, 0.05) is 5.65 Å². The second-order valence-electron chi connectivity index (χ2n) is 4.08. The van der Waals surface area contributed by atoms with Crippen molar-refractivity contribution in [3.05, 3.63) is 54.6 Å². The lowest BCUT2D eigenvalue weighted by molar-refractivity contribution is 0.600. The van der Waals surface area contributed by atoms with Crippen LogP contribution in [0.5, 0.6) is 0 Å². The average molecular weight is 257 g/mol. The van der Waals surface area contributed by atoms with E-state index in [1.807, 2.05) is 42.5 Å². The van der Waals surface area contributed by atoms with Crippen LogP contribution in [0.2, 0.25) is 6.82 Å². The SMILES string of the molecule is C[B]CS(=O)(=O)c1ccc(-c2ccccc2)cc1. The molecule has 1 radical (unpaired) electrons. The van der Waals surface area contributed by atoms with E-state index in [9.17, 15) is 8.42 Å². The molecule has 0 N–H and O–H groups in total. The summed E-state index contributed by atoms with van der Waals surface area (Å²) in [6.07, 6.45) is 0. The van der Waals surface area contributed by atoms with E-state index < -0.39 is 9.84 Å². The monoisotopic (exact) mass is 257 g/mol. The molecule has 0 saturated carbocycles. The highest BCUT2D eigenvalue weighted by molar-refractivity contribution is 7.92. The molecule has 0 aromatic heterocycles. The summed E-state index contributed by atoms with van der Waals surface area (Å²) in [6.45, 7) is 1.75. The van der Waals surface area contributed by atoms with Gasteiger partial charge < -0.3 is 0 Å². The molecule has 0 saturated heterocycles. The van der Waals surface area contributed by atoms with E-state index in [1.54, 1.807) is 26.2 Å². The molecular weight excluding hydrogens is 243 g/mol. The molecule has 0 fully saturated rings. The molecule has 91 valence electrons. The molecule has 0 atom stereocenters. The fourth-order valence-electron chi connectivity index (χ4n) is 1.80. The summed E-state index contributed by atoms with van der Waals surface area (Å²) in [5.41, 5.74) is 2.19. The first-order valence-corrected chi connectivity index (χ1v) is 7.45. The Balaban J connectivity index is 2.32. The summed E-state index contributed by atoms with van der Waals surface area (Å²) in [5, 5.41) is 0. The van der Waals surface area contributed by atoms with Crippen LogP contribution in [0, 0.1) is 0 Å². The highest BCUT2D eigenvalue weighted by Gasteiger charge is 2.12. The molecular formula is C14H14BO2S. The lowest BCUT2D eigenvalue weighted by atomic mass is 9.87. The van der Waals surface area contributed by atoms with Gasteiger partial charge in [0.15, 0.2) is 9.84 Å². The Bertz CT molecular complexity index is 604. The summed E-state index contributed by atoms with van der Waals surface area (Å²) in [4.78, 5) is 0.375. The topological polar surface area (TPSA) is 34.1 Å². The van der Waals surface area contributed by atoms with Gasteiger partial charge in [0.2, 0.25) is 0 Å². The molecule has 2 aromatic carbocycles. The van der Waals surface area contributed by atoms with Gasteiger partial charge in [-0.15, -0.1) is 0 Å². The molecule has 0 amide bonds. The van der Waals surface area contributed by atoms with E-state index in [-0.39, 0.29) is 5.65 Å². The predicted molar refractivity (Wildman–Crippen MR) is 75.5 cm³/mol. The molecule has 0 heterocycles. The van der Waals surface area contributed by atoms with Crippen LogP contribution in [0.15, 0.2) is 59.5 Å². The van der Waals surface area contributed by atoms with Gasteiger partial charge in [-0.3, -0.25) is 0 Å². The Hall–Kier alpha value is -1.55. The zero-order valence-corrected chi connectivity index (χ0v) is 11.0. The van der Waals surface area contributed by atoms with Gasteiger partial charge in [0.1, 0.15) is 7.28 Å². The zero-order chi connectivity index (χ0) is 13.0. The zero-order valence-electron chi connectivity index (χ0n) is 10.2. The minimum atomic E-state index is -3.16. The van der Waals surface area contributed by atoms with E-state index in [0.29, 0.717) is 4.90 Å². The van der Waals surface area contributed by atoms with Crippen molar-refractivity contribution in [1.29, 1.82) is 0 Å². The minimum Gasteiger partial charge on any atom is -0.224 e. The Morgan fingerprint density at radius 2 is 1.44 bits per heavy atom. The van der Waals surface area contributed by atoms with Gasteiger partial charge >= 0.3 is 0 Å². The van der Waals surface area contributed by atoms with Gasteiger partial charge in [0.25, 0.3) is 0 Å². The number of sulfone groups is 1. The maximum atomic E-state index is 11.8. The summed E-state index contributed by atoms with van der Waals surface area (Å²) >= 11 is 0. The second-order valence-corrected chi connectivity index (χ2v) is 6.11. The van der Waals surface area contributed by atoms with Crippen molar-refractivity contribution in [2.75, 3.05) is 5.65 Å².